The van der Waals surface area contributed by atoms with E-state index < -0.39 is 7.82 Å². The quantitative estimate of drug-likeness (QED) is 0.223. The lowest BCUT2D eigenvalue weighted by Gasteiger charge is -2.29. The Kier molecular flexibility index (Phi) is 8.34. The summed E-state index contributed by atoms with van der Waals surface area (Å²) in [6.07, 6.45) is 0. The van der Waals surface area contributed by atoms with E-state index in [2.05, 4.69) is 95.2 Å². The van der Waals surface area contributed by atoms with Gasteiger partial charge in [-0.15, -0.1) is 4.67 Å². The summed E-state index contributed by atoms with van der Waals surface area (Å²) >= 11 is 0. The van der Waals surface area contributed by atoms with Gasteiger partial charge in [-0.1, -0.05) is 107 Å². The molecular weight excluding hydrogens is 459 g/mol. The standard InChI is InChI=1S/C29H45O5P/c1-26(2,3)20-14-16-24(22(18-20)28(7,8)9)32-35(30,34-31-13)33-25-17-15-21(27(4,5)6)19-23(25)29(10,11)12/h14-19H,1-13H3. The average Bonchev–Trinajstić information content (AvgIpc) is 2.65. The summed E-state index contributed by atoms with van der Waals surface area (Å²) in [6.45, 7) is 25.5. The third-order valence-electron chi connectivity index (χ3n) is 5.89. The van der Waals surface area contributed by atoms with Crippen LogP contribution in [0.15, 0.2) is 36.4 Å². The molecule has 0 atom stereocenters. The van der Waals surface area contributed by atoms with E-state index in [4.69, 9.17) is 18.6 Å². The second-order valence-corrected chi connectivity index (χ2v) is 14.7. The molecule has 0 fully saturated rings. The Labute approximate surface area is 213 Å². The van der Waals surface area contributed by atoms with Crippen LogP contribution in [0.3, 0.4) is 0 Å². The van der Waals surface area contributed by atoms with Crippen molar-refractivity contribution in [3.05, 3.63) is 58.7 Å². The summed E-state index contributed by atoms with van der Waals surface area (Å²) in [5, 5.41) is 0. The predicted molar refractivity (Wildman–Crippen MR) is 145 cm³/mol. The zero-order chi connectivity index (χ0) is 27.0. The van der Waals surface area contributed by atoms with Crippen LogP contribution in [-0.2, 0) is 35.8 Å². The molecule has 0 saturated heterocycles. The van der Waals surface area contributed by atoms with Gasteiger partial charge in [-0.3, -0.25) is 0 Å². The number of phosphoric ester groups is 1. The van der Waals surface area contributed by atoms with E-state index in [1.165, 1.54) is 7.11 Å². The summed E-state index contributed by atoms with van der Waals surface area (Å²) in [7, 11) is -2.90. The van der Waals surface area contributed by atoms with Crippen molar-refractivity contribution in [3.8, 4) is 11.5 Å². The molecule has 0 unspecified atom stereocenters. The highest BCUT2D eigenvalue weighted by atomic mass is 31.2. The van der Waals surface area contributed by atoms with Gasteiger partial charge in [0, 0.05) is 11.1 Å². The third kappa shape index (κ3) is 7.59. The van der Waals surface area contributed by atoms with Crippen LogP contribution in [0.2, 0.25) is 0 Å². The zero-order valence-electron chi connectivity index (χ0n) is 24.0. The fourth-order valence-corrected chi connectivity index (χ4v) is 4.79. The first-order chi connectivity index (χ1) is 15.7. The Hall–Kier alpha value is -1.81. The summed E-state index contributed by atoms with van der Waals surface area (Å²) in [5.41, 5.74) is 3.52. The fraction of sp³-hybridized carbons (Fsp3) is 0.586. The van der Waals surface area contributed by atoms with Crippen molar-refractivity contribution in [2.75, 3.05) is 7.11 Å². The topological polar surface area (TPSA) is 54.0 Å². The molecule has 2 aromatic rings. The second kappa shape index (κ2) is 9.92. The molecule has 0 aliphatic rings. The summed E-state index contributed by atoms with van der Waals surface area (Å²) < 4.78 is 31.1. The molecule has 196 valence electrons. The van der Waals surface area contributed by atoms with Crippen LogP contribution in [0.4, 0.5) is 0 Å². The molecule has 0 aliphatic heterocycles. The molecular formula is C29H45O5P. The smallest absolute Gasteiger partial charge is 0.393 e. The Balaban J connectivity index is 2.59. The molecule has 0 N–H and O–H groups in total. The van der Waals surface area contributed by atoms with E-state index in [-0.39, 0.29) is 21.7 Å². The minimum absolute atomic E-state index is 0.0435. The maximum atomic E-state index is 13.9. The second-order valence-electron chi connectivity index (χ2n) is 13.3. The van der Waals surface area contributed by atoms with Gasteiger partial charge in [0.2, 0.25) is 0 Å². The number of benzene rings is 2. The first kappa shape index (κ1) is 29.4. The van der Waals surface area contributed by atoms with E-state index in [9.17, 15) is 4.57 Å². The third-order valence-corrected chi connectivity index (χ3v) is 7.07. The Morgan fingerprint density at radius 3 is 1.17 bits per heavy atom. The van der Waals surface area contributed by atoms with Gasteiger partial charge in [-0.25, -0.2) is 9.45 Å². The van der Waals surface area contributed by atoms with Gasteiger partial charge in [0.1, 0.15) is 11.5 Å². The lowest BCUT2D eigenvalue weighted by molar-refractivity contribution is -0.192. The molecule has 2 rings (SSSR count). The monoisotopic (exact) mass is 504 g/mol. The van der Waals surface area contributed by atoms with Crippen molar-refractivity contribution in [1.29, 1.82) is 0 Å². The molecule has 0 saturated carbocycles. The normalized spacial score (nSPS) is 13.6. The van der Waals surface area contributed by atoms with Crippen molar-refractivity contribution in [1.82, 2.24) is 0 Å². The predicted octanol–water partition coefficient (Wildman–Crippen LogP) is 9.02. The number of hydrogen-bond donors (Lipinski definition) is 0. The molecule has 0 aromatic heterocycles. The molecule has 0 amide bonds. The highest BCUT2D eigenvalue weighted by molar-refractivity contribution is 7.49. The van der Waals surface area contributed by atoms with Gasteiger partial charge in [0.15, 0.2) is 0 Å². The first-order valence-electron chi connectivity index (χ1n) is 12.2. The van der Waals surface area contributed by atoms with Crippen LogP contribution >= 0.6 is 7.82 Å². The van der Waals surface area contributed by atoms with Gasteiger partial charge >= 0.3 is 7.82 Å². The Morgan fingerprint density at radius 1 is 0.571 bits per heavy atom. The summed E-state index contributed by atoms with van der Waals surface area (Å²) in [5.74, 6) is 0.879. The van der Waals surface area contributed by atoms with Crippen LogP contribution in [0.5, 0.6) is 11.5 Å². The molecule has 6 heteroatoms. The van der Waals surface area contributed by atoms with Crippen molar-refractivity contribution >= 4 is 7.82 Å². The maximum Gasteiger partial charge on any atom is 0.615 e. The molecule has 35 heavy (non-hydrogen) atoms. The Morgan fingerprint density at radius 2 is 0.914 bits per heavy atom. The highest BCUT2D eigenvalue weighted by Crippen LogP contribution is 2.53. The number of rotatable bonds is 6. The van der Waals surface area contributed by atoms with Crippen LogP contribution in [-0.4, -0.2) is 7.11 Å². The molecule has 0 heterocycles. The summed E-state index contributed by atoms with van der Waals surface area (Å²) in [4.78, 5) is 4.85. The fourth-order valence-electron chi connectivity index (χ4n) is 3.71. The summed E-state index contributed by atoms with van der Waals surface area (Å²) in [6, 6.07) is 11.9. The SMILES string of the molecule is COOP(=O)(Oc1ccc(C(C)(C)C)cc1C(C)(C)C)Oc1ccc(C(C)(C)C)cc1C(C)(C)C. The first-order valence-corrected chi connectivity index (χ1v) is 13.7. The number of hydrogen-bond acceptors (Lipinski definition) is 5. The minimum atomic E-state index is -4.19. The maximum absolute atomic E-state index is 13.9. The van der Waals surface area contributed by atoms with Gasteiger partial charge in [-0.2, -0.15) is 0 Å². The van der Waals surface area contributed by atoms with Gasteiger partial charge < -0.3 is 9.05 Å². The van der Waals surface area contributed by atoms with E-state index in [1.807, 2.05) is 24.3 Å². The highest BCUT2D eigenvalue weighted by Gasteiger charge is 2.37. The van der Waals surface area contributed by atoms with Crippen molar-refractivity contribution in [2.45, 2.75) is 105 Å². The van der Waals surface area contributed by atoms with Crippen LogP contribution in [0.25, 0.3) is 0 Å². The van der Waals surface area contributed by atoms with Crippen molar-refractivity contribution in [2.24, 2.45) is 0 Å². The van der Waals surface area contributed by atoms with E-state index in [0.29, 0.717) is 11.5 Å². The van der Waals surface area contributed by atoms with Gasteiger partial charge in [-0.05, 0) is 44.9 Å². The Bertz CT molecular complexity index is 995. The van der Waals surface area contributed by atoms with Crippen LogP contribution < -0.4 is 9.05 Å². The van der Waals surface area contributed by atoms with Gasteiger partial charge in [0.05, 0.1) is 7.11 Å². The van der Waals surface area contributed by atoms with Crippen molar-refractivity contribution in [3.63, 3.8) is 0 Å². The molecule has 0 bridgehead atoms. The van der Waals surface area contributed by atoms with E-state index in [1.54, 1.807) is 0 Å². The minimum Gasteiger partial charge on any atom is -0.393 e. The van der Waals surface area contributed by atoms with Crippen molar-refractivity contribution < 1.29 is 23.2 Å². The molecule has 0 radical (unpaired) electrons. The molecule has 0 aliphatic carbocycles. The average molecular weight is 505 g/mol. The van der Waals surface area contributed by atoms with Crippen LogP contribution in [0, 0.1) is 0 Å². The largest absolute Gasteiger partial charge is 0.615 e. The molecule has 0 spiro atoms. The van der Waals surface area contributed by atoms with Crippen LogP contribution in [0.1, 0.15) is 105 Å². The molecule has 2 aromatic carbocycles. The van der Waals surface area contributed by atoms with E-state index in [0.717, 1.165) is 22.3 Å². The zero-order valence-corrected chi connectivity index (χ0v) is 24.8. The van der Waals surface area contributed by atoms with Gasteiger partial charge in [0.25, 0.3) is 0 Å². The number of phosphoric acid groups is 1. The van der Waals surface area contributed by atoms with E-state index >= 15 is 0 Å². The lowest BCUT2D eigenvalue weighted by atomic mass is 9.80. The lowest BCUT2D eigenvalue weighted by Crippen LogP contribution is -2.19. The molecule has 5 nitrogen and oxygen atoms in total.